The van der Waals surface area contributed by atoms with E-state index in [1.165, 1.54) is 16.9 Å². The number of carbonyl (C=O) groups is 1. The number of aryl methyl sites for hydroxylation is 1. The Morgan fingerprint density at radius 1 is 1.35 bits per heavy atom. The Kier molecular flexibility index (Phi) is 4.11. The second kappa shape index (κ2) is 6.18. The number of hydrogen-bond acceptors (Lipinski definition) is 3. The van der Waals surface area contributed by atoms with Crippen LogP contribution in [0, 0.1) is 0 Å². The summed E-state index contributed by atoms with van der Waals surface area (Å²) in [7, 11) is 0. The lowest BCUT2D eigenvalue weighted by molar-refractivity contribution is 0.0735. The first kappa shape index (κ1) is 13.3. The first-order chi connectivity index (χ1) is 9.84. The zero-order valence-corrected chi connectivity index (χ0v) is 12.2. The van der Waals surface area contributed by atoms with Crippen molar-refractivity contribution in [1.29, 1.82) is 0 Å². The molecule has 1 saturated heterocycles. The van der Waals surface area contributed by atoms with Gasteiger partial charge >= 0.3 is 0 Å². The van der Waals surface area contributed by atoms with Crippen LogP contribution in [-0.4, -0.2) is 28.4 Å². The van der Waals surface area contributed by atoms with Crippen LogP contribution >= 0.6 is 11.3 Å². The lowest BCUT2D eigenvalue weighted by Crippen LogP contribution is -2.35. The van der Waals surface area contributed by atoms with Gasteiger partial charge in [-0.15, -0.1) is 11.3 Å². The highest BCUT2D eigenvalue weighted by molar-refractivity contribution is 7.12. The van der Waals surface area contributed by atoms with Crippen LogP contribution in [0.3, 0.4) is 0 Å². The number of nitrogens with zero attached hydrogens (tertiary/aromatic N) is 2. The summed E-state index contributed by atoms with van der Waals surface area (Å²) in [4.78, 5) is 19.4. The second-order valence-corrected chi connectivity index (χ2v) is 6.11. The van der Waals surface area contributed by atoms with Gasteiger partial charge in [0.2, 0.25) is 0 Å². The molecular weight excluding hydrogens is 268 g/mol. The van der Waals surface area contributed by atoms with Gasteiger partial charge in [0.05, 0.1) is 4.88 Å². The van der Waals surface area contributed by atoms with Gasteiger partial charge in [0, 0.05) is 25.0 Å². The molecule has 3 nitrogen and oxygen atoms in total. The fourth-order valence-electron chi connectivity index (χ4n) is 2.83. The summed E-state index contributed by atoms with van der Waals surface area (Å²) in [6.07, 6.45) is 7.97. The third kappa shape index (κ3) is 2.90. The quantitative estimate of drug-likeness (QED) is 0.863. The number of carbonyl (C=O) groups excluding carboxylic acids is 1. The van der Waals surface area contributed by atoms with Crippen LogP contribution in [0.4, 0.5) is 0 Å². The van der Waals surface area contributed by atoms with Gasteiger partial charge in [-0.2, -0.15) is 0 Å². The van der Waals surface area contributed by atoms with E-state index in [1.54, 1.807) is 0 Å². The van der Waals surface area contributed by atoms with Gasteiger partial charge < -0.3 is 4.90 Å². The molecule has 0 saturated carbocycles. The highest BCUT2D eigenvalue weighted by atomic mass is 32.1. The number of hydrogen-bond donors (Lipinski definition) is 0. The molecule has 2 aromatic rings. The van der Waals surface area contributed by atoms with E-state index in [0.29, 0.717) is 6.04 Å². The number of thiophene rings is 1. The van der Waals surface area contributed by atoms with Crippen molar-refractivity contribution in [3.05, 3.63) is 52.5 Å². The van der Waals surface area contributed by atoms with Crippen LogP contribution in [0.15, 0.2) is 42.0 Å². The molecule has 1 fully saturated rings. The van der Waals surface area contributed by atoms with Crippen molar-refractivity contribution in [2.45, 2.75) is 31.7 Å². The summed E-state index contributed by atoms with van der Waals surface area (Å²) in [6, 6.07) is 8.36. The van der Waals surface area contributed by atoms with Crippen LogP contribution in [0.2, 0.25) is 0 Å². The monoisotopic (exact) mass is 286 g/mol. The van der Waals surface area contributed by atoms with Crippen molar-refractivity contribution >= 4 is 17.2 Å². The van der Waals surface area contributed by atoms with Gasteiger partial charge in [-0.25, -0.2) is 0 Å². The van der Waals surface area contributed by atoms with E-state index in [1.807, 2.05) is 29.9 Å². The first-order valence-corrected chi connectivity index (χ1v) is 7.96. The van der Waals surface area contributed by atoms with Gasteiger partial charge in [0.15, 0.2) is 0 Å². The number of rotatable bonds is 4. The Morgan fingerprint density at radius 2 is 2.20 bits per heavy atom. The molecular formula is C16H18N2OS. The van der Waals surface area contributed by atoms with Crippen LogP contribution in [-0.2, 0) is 6.42 Å². The lowest BCUT2D eigenvalue weighted by atomic mass is 10.0. The number of amides is 1. The highest BCUT2D eigenvalue weighted by Gasteiger charge is 2.29. The van der Waals surface area contributed by atoms with E-state index < -0.39 is 0 Å². The van der Waals surface area contributed by atoms with Crippen LogP contribution in [0.5, 0.6) is 0 Å². The largest absolute Gasteiger partial charge is 0.335 e. The molecule has 0 N–H and O–H groups in total. The molecule has 2 aromatic heterocycles. The predicted octanol–water partition coefficient (Wildman–Crippen LogP) is 3.38. The zero-order valence-electron chi connectivity index (χ0n) is 11.4. The molecule has 3 rings (SSSR count). The Bertz CT molecular complexity index is 553. The van der Waals surface area contributed by atoms with Gasteiger partial charge in [0.25, 0.3) is 5.91 Å². The molecule has 1 aliphatic rings. The van der Waals surface area contributed by atoms with Crippen molar-refractivity contribution < 1.29 is 4.79 Å². The minimum Gasteiger partial charge on any atom is -0.335 e. The van der Waals surface area contributed by atoms with Gasteiger partial charge in [0.1, 0.15) is 0 Å². The Hall–Kier alpha value is -1.68. The number of pyridine rings is 1. The molecule has 1 amide bonds. The fraction of sp³-hybridized carbons (Fsp3) is 0.375. The van der Waals surface area contributed by atoms with E-state index in [4.69, 9.17) is 0 Å². The Balaban J connectivity index is 1.63. The van der Waals surface area contributed by atoms with Crippen molar-refractivity contribution in [3.63, 3.8) is 0 Å². The van der Waals surface area contributed by atoms with E-state index in [0.717, 1.165) is 37.1 Å². The van der Waals surface area contributed by atoms with Gasteiger partial charge in [-0.3, -0.25) is 9.78 Å². The molecule has 4 heteroatoms. The molecule has 0 bridgehead atoms. The topological polar surface area (TPSA) is 33.2 Å². The fourth-order valence-corrected chi connectivity index (χ4v) is 3.51. The average Bonchev–Trinajstić information content (AvgIpc) is 3.17. The minimum absolute atomic E-state index is 0.206. The van der Waals surface area contributed by atoms with Gasteiger partial charge in [-0.05, 0) is 54.8 Å². The maximum Gasteiger partial charge on any atom is 0.264 e. The highest BCUT2D eigenvalue weighted by Crippen LogP contribution is 2.25. The SMILES string of the molecule is O=C(c1cccs1)N1CCC[C@H]1CCc1ccncc1. The summed E-state index contributed by atoms with van der Waals surface area (Å²) in [5, 5.41) is 1.97. The third-order valence-corrected chi connectivity index (χ3v) is 4.74. The van der Waals surface area contributed by atoms with E-state index >= 15 is 0 Å². The van der Waals surface area contributed by atoms with E-state index in [2.05, 4.69) is 22.0 Å². The maximum absolute atomic E-state index is 12.5. The summed E-state index contributed by atoms with van der Waals surface area (Å²) in [6.45, 7) is 0.901. The van der Waals surface area contributed by atoms with Crippen molar-refractivity contribution in [3.8, 4) is 0 Å². The Morgan fingerprint density at radius 3 is 2.95 bits per heavy atom. The van der Waals surface area contributed by atoms with Crippen LogP contribution in [0.25, 0.3) is 0 Å². The van der Waals surface area contributed by atoms with Gasteiger partial charge in [-0.1, -0.05) is 6.07 Å². The van der Waals surface area contributed by atoms with Crippen molar-refractivity contribution in [1.82, 2.24) is 9.88 Å². The zero-order chi connectivity index (χ0) is 13.8. The van der Waals surface area contributed by atoms with Crippen LogP contribution in [0.1, 0.15) is 34.5 Å². The van der Waals surface area contributed by atoms with Crippen molar-refractivity contribution in [2.24, 2.45) is 0 Å². The minimum atomic E-state index is 0.206. The molecule has 20 heavy (non-hydrogen) atoms. The summed E-state index contributed by atoms with van der Waals surface area (Å²) in [5.41, 5.74) is 1.30. The molecule has 1 aliphatic heterocycles. The predicted molar refractivity (Wildman–Crippen MR) is 80.9 cm³/mol. The number of likely N-dealkylation sites (tertiary alicyclic amines) is 1. The summed E-state index contributed by atoms with van der Waals surface area (Å²) >= 11 is 1.53. The molecule has 1 atom stereocenters. The normalized spacial score (nSPS) is 18.4. The lowest BCUT2D eigenvalue weighted by Gasteiger charge is -2.24. The molecule has 0 spiro atoms. The third-order valence-electron chi connectivity index (χ3n) is 3.89. The molecule has 0 aliphatic carbocycles. The summed E-state index contributed by atoms with van der Waals surface area (Å²) in [5.74, 6) is 0.206. The maximum atomic E-state index is 12.5. The molecule has 104 valence electrons. The summed E-state index contributed by atoms with van der Waals surface area (Å²) < 4.78 is 0. The first-order valence-electron chi connectivity index (χ1n) is 7.08. The van der Waals surface area contributed by atoms with E-state index in [-0.39, 0.29) is 5.91 Å². The van der Waals surface area contributed by atoms with Crippen molar-refractivity contribution in [2.75, 3.05) is 6.54 Å². The molecule has 3 heterocycles. The second-order valence-electron chi connectivity index (χ2n) is 5.17. The molecule has 0 aromatic carbocycles. The number of aromatic nitrogens is 1. The smallest absolute Gasteiger partial charge is 0.264 e. The standard InChI is InChI=1S/C16H18N2OS/c19-16(15-4-2-12-20-15)18-11-1-3-14(18)6-5-13-7-9-17-10-8-13/h2,4,7-10,12,14H,1,3,5-6,11H2/t14-/m0/s1. The van der Waals surface area contributed by atoms with Crippen LogP contribution < -0.4 is 0 Å². The molecule has 0 radical (unpaired) electrons. The molecule has 0 unspecified atom stereocenters. The Labute approximate surface area is 123 Å². The average molecular weight is 286 g/mol. The van der Waals surface area contributed by atoms with E-state index in [9.17, 15) is 4.79 Å².